The summed E-state index contributed by atoms with van der Waals surface area (Å²) in [6.45, 7) is 0.339. The number of hydrogen-bond donors (Lipinski definition) is 1. The number of hydrogen-bond acceptors (Lipinski definition) is 3. The molecule has 1 aromatic carbocycles. The third-order valence-corrected chi connectivity index (χ3v) is 2.22. The average molecular weight is 208 g/mol. The highest BCUT2D eigenvalue weighted by atomic mass is 16.7. The Morgan fingerprint density at radius 2 is 2.13 bits per heavy atom. The Balaban J connectivity index is 1.96. The zero-order chi connectivity index (χ0) is 10.7. The zero-order valence-corrected chi connectivity index (χ0v) is 8.13. The lowest BCUT2D eigenvalue weighted by atomic mass is 10.2. The summed E-state index contributed by atoms with van der Waals surface area (Å²) in [4.78, 5) is 10.5. The highest BCUT2D eigenvalue weighted by Gasteiger charge is 2.28. The number of aliphatic carboxylic acids is 1. The van der Waals surface area contributed by atoms with E-state index >= 15 is 0 Å². The first kappa shape index (κ1) is 10.1. The average Bonchev–Trinajstić information content (AvgIpc) is 2.67. The molecule has 4 nitrogen and oxygen atoms in total. The van der Waals surface area contributed by atoms with Gasteiger partial charge < -0.3 is 14.6 Å². The number of rotatable bonds is 3. The number of carboxylic acid groups (broad SMARTS) is 1. The van der Waals surface area contributed by atoms with E-state index in [-0.39, 0.29) is 12.5 Å². The van der Waals surface area contributed by atoms with E-state index < -0.39 is 12.3 Å². The lowest BCUT2D eigenvalue weighted by Gasteiger charge is -2.10. The number of ether oxygens (including phenoxy) is 2. The van der Waals surface area contributed by atoms with E-state index in [1.165, 1.54) is 0 Å². The quantitative estimate of drug-likeness (QED) is 0.819. The summed E-state index contributed by atoms with van der Waals surface area (Å²) in [6.07, 6.45) is -0.771. The molecule has 15 heavy (non-hydrogen) atoms. The molecule has 1 aromatic rings. The van der Waals surface area contributed by atoms with Gasteiger partial charge in [-0.3, -0.25) is 4.79 Å². The minimum absolute atomic E-state index is 0.0106. The first-order valence-electron chi connectivity index (χ1n) is 4.79. The van der Waals surface area contributed by atoms with Crippen molar-refractivity contribution in [2.24, 2.45) is 0 Å². The molecule has 0 radical (unpaired) electrons. The van der Waals surface area contributed by atoms with Crippen LogP contribution in [0, 0.1) is 0 Å². The number of benzene rings is 1. The van der Waals surface area contributed by atoms with Gasteiger partial charge in [0.1, 0.15) is 0 Å². The van der Waals surface area contributed by atoms with Gasteiger partial charge in [-0.1, -0.05) is 30.3 Å². The molecule has 1 N–H and O–H groups in total. The second kappa shape index (κ2) is 4.42. The first-order chi connectivity index (χ1) is 7.25. The molecule has 1 aliphatic heterocycles. The standard InChI is InChI=1S/C11H12O4/c12-10(13)6-9-7-14-11(15-9)8-4-2-1-3-5-8/h1-5,9,11H,6-7H2,(H,12,13)/t9?,11-/m0/s1. The highest BCUT2D eigenvalue weighted by Crippen LogP contribution is 2.27. The molecule has 0 spiro atoms. The van der Waals surface area contributed by atoms with E-state index in [0.717, 1.165) is 5.56 Å². The Bertz CT molecular complexity index is 336. The Morgan fingerprint density at radius 3 is 2.80 bits per heavy atom. The van der Waals surface area contributed by atoms with E-state index in [4.69, 9.17) is 14.6 Å². The molecule has 1 heterocycles. The third-order valence-electron chi connectivity index (χ3n) is 2.22. The lowest BCUT2D eigenvalue weighted by molar-refractivity contribution is -0.140. The van der Waals surface area contributed by atoms with Crippen LogP contribution >= 0.6 is 0 Å². The second-order valence-corrected chi connectivity index (χ2v) is 3.43. The van der Waals surface area contributed by atoms with E-state index in [1.54, 1.807) is 0 Å². The van der Waals surface area contributed by atoms with Crippen LogP contribution in [-0.2, 0) is 14.3 Å². The summed E-state index contributed by atoms with van der Waals surface area (Å²) >= 11 is 0. The Kier molecular flexibility index (Phi) is 2.99. The maximum absolute atomic E-state index is 10.5. The molecular weight excluding hydrogens is 196 g/mol. The van der Waals surface area contributed by atoms with Crippen molar-refractivity contribution in [3.63, 3.8) is 0 Å². The van der Waals surface area contributed by atoms with Gasteiger partial charge in [-0.2, -0.15) is 0 Å². The van der Waals surface area contributed by atoms with Crippen molar-refractivity contribution in [1.29, 1.82) is 0 Å². The van der Waals surface area contributed by atoms with Gasteiger partial charge in [-0.05, 0) is 0 Å². The topological polar surface area (TPSA) is 55.8 Å². The van der Waals surface area contributed by atoms with E-state index in [0.29, 0.717) is 6.61 Å². The van der Waals surface area contributed by atoms with Gasteiger partial charge in [0.15, 0.2) is 6.29 Å². The number of carboxylic acids is 1. The summed E-state index contributed by atoms with van der Waals surface area (Å²) in [5.41, 5.74) is 0.922. The maximum atomic E-state index is 10.5. The molecule has 80 valence electrons. The van der Waals surface area contributed by atoms with Crippen LogP contribution in [0.3, 0.4) is 0 Å². The molecule has 2 rings (SSSR count). The van der Waals surface area contributed by atoms with Crippen LogP contribution in [0.25, 0.3) is 0 Å². The third kappa shape index (κ3) is 2.55. The predicted octanol–water partition coefficient (Wildman–Crippen LogP) is 1.58. The molecule has 0 aliphatic carbocycles. The molecule has 1 fully saturated rings. The summed E-state index contributed by atoms with van der Waals surface area (Å²) in [7, 11) is 0. The lowest BCUT2D eigenvalue weighted by Crippen LogP contribution is -2.15. The van der Waals surface area contributed by atoms with Gasteiger partial charge in [0.05, 0.1) is 19.1 Å². The van der Waals surface area contributed by atoms with Crippen molar-refractivity contribution in [3.05, 3.63) is 35.9 Å². The van der Waals surface area contributed by atoms with E-state index in [1.807, 2.05) is 30.3 Å². The summed E-state index contributed by atoms with van der Waals surface area (Å²) in [5.74, 6) is -0.864. The molecule has 0 amide bonds. The van der Waals surface area contributed by atoms with Crippen LogP contribution in [0.2, 0.25) is 0 Å². The van der Waals surface area contributed by atoms with Crippen molar-refractivity contribution in [3.8, 4) is 0 Å². The normalized spacial score (nSPS) is 25.3. The highest BCUT2D eigenvalue weighted by molar-refractivity contribution is 5.67. The van der Waals surface area contributed by atoms with Gasteiger partial charge in [0.2, 0.25) is 0 Å². The monoisotopic (exact) mass is 208 g/mol. The van der Waals surface area contributed by atoms with Crippen molar-refractivity contribution in [2.75, 3.05) is 6.61 Å². The second-order valence-electron chi connectivity index (χ2n) is 3.43. The smallest absolute Gasteiger partial charge is 0.306 e. The minimum atomic E-state index is -0.864. The fourth-order valence-corrected chi connectivity index (χ4v) is 1.53. The van der Waals surface area contributed by atoms with Crippen LogP contribution in [0.4, 0.5) is 0 Å². The van der Waals surface area contributed by atoms with Crippen LogP contribution in [0.15, 0.2) is 30.3 Å². The van der Waals surface area contributed by atoms with Crippen molar-refractivity contribution < 1.29 is 19.4 Å². The van der Waals surface area contributed by atoms with Crippen LogP contribution in [-0.4, -0.2) is 23.8 Å². The van der Waals surface area contributed by atoms with Gasteiger partial charge in [0, 0.05) is 5.56 Å². The van der Waals surface area contributed by atoms with Crippen molar-refractivity contribution in [1.82, 2.24) is 0 Å². The van der Waals surface area contributed by atoms with Gasteiger partial charge >= 0.3 is 5.97 Å². The van der Waals surface area contributed by atoms with Gasteiger partial charge in [-0.25, -0.2) is 0 Å². The molecular formula is C11H12O4. The molecule has 1 aliphatic rings. The molecule has 4 heteroatoms. The fraction of sp³-hybridized carbons (Fsp3) is 0.364. The van der Waals surface area contributed by atoms with Gasteiger partial charge in [-0.15, -0.1) is 0 Å². The van der Waals surface area contributed by atoms with Crippen molar-refractivity contribution in [2.45, 2.75) is 18.8 Å². The number of carbonyl (C=O) groups is 1. The van der Waals surface area contributed by atoms with E-state index in [2.05, 4.69) is 0 Å². The summed E-state index contributed by atoms with van der Waals surface area (Å²) < 4.78 is 10.8. The Labute approximate surface area is 87.4 Å². The molecule has 1 unspecified atom stereocenters. The fourth-order valence-electron chi connectivity index (χ4n) is 1.53. The molecule has 2 atom stereocenters. The summed E-state index contributed by atoms with van der Waals surface area (Å²) in [5, 5.41) is 8.60. The summed E-state index contributed by atoms with van der Waals surface area (Å²) in [6, 6.07) is 9.49. The maximum Gasteiger partial charge on any atom is 0.306 e. The zero-order valence-electron chi connectivity index (χ0n) is 8.13. The predicted molar refractivity (Wildman–Crippen MR) is 52.3 cm³/mol. The van der Waals surface area contributed by atoms with Crippen molar-refractivity contribution >= 4 is 5.97 Å². The van der Waals surface area contributed by atoms with Crippen LogP contribution in [0.5, 0.6) is 0 Å². The van der Waals surface area contributed by atoms with Crippen LogP contribution < -0.4 is 0 Å². The Morgan fingerprint density at radius 1 is 1.40 bits per heavy atom. The molecule has 1 saturated heterocycles. The first-order valence-corrected chi connectivity index (χ1v) is 4.79. The largest absolute Gasteiger partial charge is 0.481 e. The van der Waals surface area contributed by atoms with E-state index in [9.17, 15) is 4.79 Å². The Hall–Kier alpha value is -1.39. The SMILES string of the molecule is O=C(O)CC1CO[C@H](c2ccccc2)O1. The van der Waals surface area contributed by atoms with Gasteiger partial charge in [0.25, 0.3) is 0 Å². The molecule has 0 saturated carbocycles. The molecule has 0 bridgehead atoms. The molecule has 0 aromatic heterocycles. The minimum Gasteiger partial charge on any atom is -0.481 e. The van der Waals surface area contributed by atoms with Crippen LogP contribution in [0.1, 0.15) is 18.3 Å².